The van der Waals surface area contributed by atoms with Gasteiger partial charge in [-0.3, -0.25) is 0 Å². The molecular formula is C53H37N. The molecule has 0 spiro atoms. The lowest BCUT2D eigenvalue weighted by Crippen LogP contribution is -2.16. The van der Waals surface area contributed by atoms with Gasteiger partial charge in [0.05, 0.1) is 15.1 Å². The molecule has 0 aliphatic rings. The van der Waals surface area contributed by atoms with E-state index in [1.165, 1.54) is 4.90 Å². The monoisotopic (exact) mass is 698 g/mol. The standard InChI is InChI=1S/C53H37N/c1-4-20-47-38(12-1)15-9-19-44(47)36-54(46-32-28-40(29-33-46)53-35-43-14-3-6-22-50(43)51-23-7-8-24-52(51)53)45-30-26-37(27-31-45)41-17-10-18-42(34-41)49-25-11-16-39-13-2-5-21-48(39)49/h1-35H,36H2/i1D,4D,9D,12D,15D,19D,20D,26D,27D,30D,31D. The first-order valence-electron chi connectivity index (χ1n) is 23.3. The highest BCUT2D eigenvalue weighted by Gasteiger charge is 2.15. The largest absolute Gasteiger partial charge is 0.337 e. The lowest BCUT2D eigenvalue weighted by molar-refractivity contribution is 0.985. The first kappa shape index (κ1) is 22.2. The normalized spacial score (nSPS) is 14.3. The number of hydrogen-bond donors (Lipinski definition) is 0. The summed E-state index contributed by atoms with van der Waals surface area (Å²) in [7, 11) is 0. The Balaban J connectivity index is 1.18. The van der Waals surface area contributed by atoms with Crippen LogP contribution in [0.2, 0.25) is 0 Å². The van der Waals surface area contributed by atoms with Gasteiger partial charge >= 0.3 is 0 Å². The first-order chi connectivity index (χ1) is 31.3. The molecule has 54 heavy (non-hydrogen) atoms. The van der Waals surface area contributed by atoms with Gasteiger partial charge in [0.15, 0.2) is 0 Å². The second-order valence-electron chi connectivity index (χ2n) is 13.3. The van der Waals surface area contributed by atoms with E-state index in [9.17, 15) is 5.48 Å². The summed E-state index contributed by atoms with van der Waals surface area (Å²) in [6, 6.07) is 42.2. The lowest BCUT2D eigenvalue weighted by Gasteiger charge is -2.26. The van der Waals surface area contributed by atoms with Crippen LogP contribution in [-0.2, 0) is 6.54 Å². The summed E-state index contributed by atoms with van der Waals surface area (Å²) in [6.45, 7) is -0.394. The van der Waals surface area contributed by atoms with Crippen LogP contribution in [0.25, 0.3) is 76.5 Å². The molecular weight excluding hydrogens is 651 g/mol. The van der Waals surface area contributed by atoms with Crippen molar-refractivity contribution in [3.63, 3.8) is 0 Å². The quantitative estimate of drug-likeness (QED) is 0.150. The van der Waals surface area contributed by atoms with E-state index in [2.05, 4.69) is 30.3 Å². The molecule has 0 amide bonds. The fraction of sp³-hybridized carbons (Fsp3) is 0.0189. The van der Waals surface area contributed by atoms with Crippen molar-refractivity contribution in [2.24, 2.45) is 0 Å². The van der Waals surface area contributed by atoms with Crippen LogP contribution in [-0.4, -0.2) is 0 Å². The molecule has 254 valence electrons. The maximum absolute atomic E-state index is 9.60. The van der Waals surface area contributed by atoms with E-state index in [0.717, 1.165) is 54.6 Å². The summed E-state index contributed by atoms with van der Waals surface area (Å²) in [4.78, 5) is 1.51. The molecule has 0 aromatic heterocycles. The van der Waals surface area contributed by atoms with Gasteiger partial charge in [0.25, 0.3) is 0 Å². The molecule has 10 rings (SSSR count). The minimum absolute atomic E-state index is 0.0265. The second kappa shape index (κ2) is 13.5. The number of benzene rings is 10. The molecule has 1 heteroatoms. The Morgan fingerprint density at radius 3 is 1.87 bits per heavy atom. The highest BCUT2D eigenvalue weighted by molar-refractivity contribution is 6.13. The van der Waals surface area contributed by atoms with Crippen LogP contribution < -0.4 is 4.90 Å². The van der Waals surface area contributed by atoms with Crippen molar-refractivity contribution in [3.05, 3.63) is 218 Å². The van der Waals surface area contributed by atoms with Crippen molar-refractivity contribution < 1.29 is 15.1 Å². The van der Waals surface area contributed by atoms with Crippen LogP contribution in [0.1, 0.15) is 20.6 Å². The van der Waals surface area contributed by atoms with Gasteiger partial charge in [0, 0.05) is 17.9 Å². The molecule has 0 N–H and O–H groups in total. The highest BCUT2D eigenvalue weighted by atomic mass is 15.1. The Morgan fingerprint density at radius 1 is 0.352 bits per heavy atom. The maximum Gasteiger partial charge on any atom is 0.0645 e. The molecule has 0 aliphatic heterocycles. The summed E-state index contributed by atoms with van der Waals surface area (Å²) in [5, 5.41) is 6.03. The van der Waals surface area contributed by atoms with Gasteiger partial charge in [-0.05, 0) is 118 Å². The summed E-state index contributed by atoms with van der Waals surface area (Å²) in [6.07, 6.45) is 0. The Kier molecular flexibility index (Phi) is 5.56. The van der Waals surface area contributed by atoms with Crippen LogP contribution >= 0.6 is 0 Å². The average Bonchev–Trinajstić information content (AvgIpc) is 3.34. The van der Waals surface area contributed by atoms with Crippen molar-refractivity contribution in [2.75, 3.05) is 4.90 Å². The minimum Gasteiger partial charge on any atom is -0.337 e. The fourth-order valence-electron chi connectivity index (χ4n) is 7.46. The zero-order valence-electron chi connectivity index (χ0n) is 40.0. The van der Waals surface area contributed by atoms with Gasteiger partial charge in [0.2, 0.25) is 0 Å². The molecule has 10 aromatic carbocycles. The van der Waals surface area contributed by atoms with E-state index in [0.29, 0.717) is 11.3 Å². The van der Waals surface area contributed by atoms with Gasteiger partial charge in [0.1, 0.15) is 0 Å². The van der Waals surface area contributed by atoms with E-state index in [1.807, 2.05) is 97.1 Å². The Labute approximate surface area is 331 Å². The molecule has 1 nitrogen and oxygen atoms in total. The van der Waals surface area contributed by atoms with Crippen LogP contribution in [0.15, 0.2) is 212 Å². The van der Waals surface area contributed by atoms with Crippen LogP contribution in [0, 0.1) is 0 Å². The molecule has 0 unspecified atom stereocenters. The minimum atomic E-state index is -0.576. The lowest BCUT2D eigenvalue weighted by atomic mass is 9.93. The molecule has 0 radical (unpaired) electrons. The first-order valence-corrected chi connectivity index (χ1v) is 17.8. The summed E-state index contributed by atoms with van der Waals surface area (Å²) in [5.41, 5.74) is 4.45. The van der Waals surface area contributed by atoms with E-state index in [-0.39, 0.29) is 51.8 Å². The van der Waals surface area contributed by atoms with E-state index in [1.54, 1.807) is 18.2 Å². The smallest absolute Gasteiger partial charge is 0.0645 e. The number of hydrogen-bond acceptors (Lipinski definition) is 1. The summed E-state index contributed by atoms with van der Waals surface area (Å²) >= 11 is 0. The third-order valence-corrected chi connectivity index (χ3v) is 10.1. The molecule has 0 heterocycles. The van der Waals surface area contributed by atoms with Crippen LogP contribution in [0.4, 0.5) is 11.4 Å². The second-order valence-corrected chi connectivity index (χ2v) is 13.3. The average molecular weight is 699 g/mol. The third-order valence-electron chi connectivity index (χ3n) is 10.1. The van der Waals surface area contributed by atoms with Gasteiger partial charge in [-0.25, -0.2) is 0 Å². The molecule has 0 saturated carbocycles. The predicted molar refractivity (Wildman–Crippen MR) is 232 cm³/mol. The van der Waals surface area contributed by atoms with Gasteiger partial charge in [-0.2, -0.15) is 0 Å². The third kappa shape index (κ3) is 5.77. The van der Waals surface area contributed by atoms with Crippen molar-refractivity contribution in [2.45, 2.75) is 6.54 Å². The maximum atomic E-state index is 9.60. The predicted octanol–water partition coefficient (Wildman–Crippen LogP) is 14.6. The molecule has 0 aliphatic carbocycles. The number of fused-ring (bicyclic) bond motifs is 5. The van der Waals surface area contributed by atoms with E-state index >= 15 is 0 Å². The Hall–Kier alpha value is -6.96. The van der Waals surface area contributed by atoms with Gasteiger partial charge < -0.3 is 4.90 Å². The summed E-state index contributed by atoms with van der Waals surface area (Å²) in [5.74, 6) is 0. The zero-order valence-corrected chi connectivity index (χ0v) is 29.0. The SMILES string of the molecule is [2H]c1c([2H])c(N(Cc2c([2H])c([2H])c([2H])c3c([2H])c([2H])c([2H])c([2H])c23)c2ccc(-c3cc4ccccc4c4ccccc34)cc2)c([2H])c([2H])c1-c1cccc(-c2cccc3ccccc23)c1. The topological polar surface area (TPSA) is 3.24 Å². The van der Waals surface area contributed by atoms with Crippen molar-refractivity contribution >= 4 is 54.5 Å². The Bertz CT molecular complexity index is 3560. The van der Waals surface area contributed by atoms with Crippen LogP contribution in [0.3, 0.4) is 0 Å². The van der Waals surface area contributed by atoms with Crippen molar-refractivity contribution in [1.82, 2.24) is 0 Å². The molecule has 0 bridgehead atoms. The van der Waals surface area contributed by atoms with E-state index in [4.69, 9.17) is 9.60 Å². The number of nitrogens with zero attached hydrogens (tertiary/aromatic N) is 1. The molecule has 0 atom stereocenters. The van der Waals surface area contributed by atoms with Gasteiger partial charge in [-0.15, -0.1) is 0 Å². The van der Waals surface area contributed by atoms with E-state index < -0.39 is 48.8 Å². The molecule has 10 aromatic rings. The molecule has 0 fully saturated rings. The summed E-state index contributed by atoms with van der Waals surface area (Å²) < 4.78 is 99.4. The number of rotatable bonds is 7. The molecule has 0 saturated heterocycles. The van der Waals surface area contributed by atoms with Crippen molar-refractivity contribution in [1.29, 1.82) is 0 Å². The zero-order chi connectivity index (χ0) is 45.4. The van der Waals surface area contributed by atoms with Crippen LogP contribution in [0.5, 0.6) is 0 Å². The fourth-order valence-corrected chi connectivity index (χ4v) is 7.46. The Morgan fingerprint density at radius 2 is 1.02 bits per heavy atom. The highest BCUT2D eigenvalue weighted by Crippen LogP contribution is 2.38. The van der Waals surface area contributed by atoms with Gasteiger partial charge in [-0.1, -0.05) is 176 Å². The van der Waals surface area contributed by atoms with Crippen molar-refractivity contribution in [3.8, 4) is 33.4 Å². The number of anilines is 2.